The van der Waals surface area contributed by atoms with Gasteiger partial charge in [0.05, 0.1) is 20.8 Å². The molecule has 3 rings (SSSR count). The Morgan fingerprint density at radius 3 is 2.32 bits per heavy atom. The summed E-state index contributed by atoms with van der Waals surface area (Å²) in [6.45, 7) is -0.593. The van der Waals surface area contributed by atoms with Crippen molar-refractivity contribution in [1.82, 2.24) is 0 Å². The summed E-state index contributed by atoms with van der Waals surface area (Å²) in [7, 11) is 2.87. The highest BCUT2D eigenvalue weighted by atomic mass is 19.1. The van der Waals surface area contributed by atoms with Crippen LogP contribution in [0.1, 0.15) is 11.1 Å². The lowest BCUT2D eigenvalue weighted by atomic mass is 9.99. The number of aliphatic hydroxyl groups excluding tert-OH is 4. The van der Waals surface area contributed by atoms with E-state index in [-0.39, 0.29) is 11.5 Å². The zero-order chi connectivity index (χ0) is 22.5. The summed E-state index contributed by atoms with van der Waals surface area (Å²) in [5.41, 5.74) is 0.750. The average molecular weight is 436 g/mol. The minimum atomic E-state index is -1.60. The van der Waals surface area contributed by atoms with Crippen LogP contribution in [0, 0.1) is 5.82 Å². The molecule has 2 aromatic carbocycles. The van der Waals surface area contributed by atoms with Crippen molar-refractivity contribution >= 4 is 12.2 Å². The van der Waals surface area contributed by atoms with Gasteiger partial charge in [0.1, 0.15) is 36.0 Å². The lowest BCUT2D eigenvalue weighted by Crippen LogP contribution is -2.60. The molecule has 0 aromatic heterocycles. The molecule has 8 nitrogen and oxygen atoms in total. The largest absolute Gasteiger partial charge is 0.497 e. The van der Waals surface area contributed by atoms with Gasteiger partial charge in [-0.1, -0.05) is 30.4 Å². The highest BCUT2D eigenvalue weighted by molar-refractivity contribution is 5.75. The summed E-state index contributed by atoms with van der Waals surface area (Å²) in [5.74, 6) is 0.376. The Balaban J connectivity index is 1.99. The normalized spacial score (nSPS) is 26.1. The number of benzene rings is 2. The Morgan fingerprint density at radius 2 is 1.68 bits per heavy atom. The molecule has 1 heterocycles. The molecule has 0 bridgehead atoms. The Kier molecular flexibility index (Phi) is 7.47. The number of ether oxygens (including phenoxy) is 4. The molecule has 1 aliphatic heterocycles. The van der Waals surface area contributed by atoms with Crippen LogP contribution in [-0.4, -0.2) is 72.0 Å². The quantitative estimate of drug-likeness (QED) is 0.478. The molecule has 5 atom stereocenters. The molecule has 1 fully saturated rings. The number of rotatable bonds is 7. The van der Waals surface area contributed by atoms with Gasteiger partial charge in [0.2, 0.25) is 6.29 Å². The van der Waals surface area contributed by atoms with Gasteiger partial charge in [-0.3, -0.25) is 0 Å². The summed E-state index contributed by atoms with van der Waals surface area (Å²) >= 11 is 0. The number of aliphatic hydroxyl groups is 4. The molecule has 0 spiro atoms. The van der Waals surface area contributed by atoms with Gasteiger partial charge in [0.15, 0.2) is 11.5 Å². The highest BCUT2D eigenvalue weighted by Crippen LogP contribution is 2.39. The fourth-order valence-corrected chi connectivity index (χ4v) is 3.19. The molecule has 1 saturated heterocycles. The SMILES string of the molecule is COc1cc(/C=C/c2ccccc2F)c(O[C@@H]2O[C@H](CO)[C@@H](O)[C@H](O)[C@H]2O)c(OC)c1. The van der Waals surface area contributed by atoms with Gasteiger partial charge < -0.3 is 39.4 Å². The molecule has 31 heavy (non-hydrogen) atoms. The van der Waals surface area contributed by atoms with Crippen LogP contribution in [0.25, 0.3) is 12.2 Å². The number of hydrogen-bond acceptors (Lipinski definition) is 8. The average Bonchev–Trinajstić information content (AvgIpc) is 2.79. The van der Waals surface area contributed by atoms with Gasteiger partial charge in [0.25, 0.3) is 0 Å². The molecule has 1 aliphatic rings. The molecule has 0 amide bonds. The molecule has 9 heteroatoms. The molecular weight excluding hydrogens is 411 g/mol. The lowest BCUT2D eigenvalue weighted by molar-refractivity contribution is -0.277. The van der Waals surface area contributed by atoms with E-state index >= 15 is 0 Å². The van der Waals surface area contributed by atoms with Crippen molar-refractivity contribution in [2.24, 2.45) is 0 Å². The van der Waals surface area contributed by atoms with Gasteiger partial charge in [-0.2, -0.15) is 0 Å². The van der Waals surface area contributed by atoms with Crippen molar-refractivity contribution in [3.63, 3.8) is 0 Å². The van der Waals surface area contributed by atoms with Crippen LogP contribution in [0.3, 0.4) is 0 Å². The summed E-state index contributed by atoms with van der Waals surface area (Å²) < 4.78 is 35.9. The molecule has 0 aliphatic carbocycles. The van der Waals surface area contributed by atoms with Crippen molar-refractivity contribution in [3.8, 4) is 17.2 Å². The van der Waals surface area contributed by atoms with Crippen molar-refractivity contribution in [2.75, 3.05) is 20.8 Å². The molecule has 0 saturated carbocycles. The summed E-state index contributed by atoms with van der Waals surface area (Å²) in [6, 6.07) is 9.35. The fourth-order valence-electron chi connectivity index (χ4n) is 3.19. The Morgan fingerprint density at radius 1 is 0.968 bits per heavy atom. The van der Waals surface area contributed by atoms with Crippen molar-refractivity contribution in [3.05, 3.63) is 53.3 Å². The first kappa shape index (κ1) is 23.0. The van der Waals surface area contributed by atoms with E-state index in [0.29, 0.717) is 16.9 Å². The predicted molar refractivity (Wildman–Crippen MR) is 109 cm³/mol. The van der Waals surface area contributed by atoms with E-state index in [2.05, 4.69) is 0 Å². The zero-order valence-electron chi connectivity index (χ0n) is 17.0. The smallest absolute Gasteiger partial charge is 0.229 e. The van der Waals surface area contributed by atoms with Crippen molar-refractivity contribution in [2.45, 2.75) is 30.7 Å². The Bertz CT molecular complexity index is 916. The van der Waals surface area contributed by atoms with Gasteiger partial charge in [-0.25, -0.2) is 4.39 Å². The fraction of sp³-hybridized carbons (Fsp3) is 0.364. The van der Waals surface area contributed by atoms with E-state index in [0.717, 1.165) is 0 Å². The van der Waals surface area contributed by atoms with Gasteiger partial charge >= 0.3 is 0 Å². The van der Waals surface area contributed by atoms with Crippen LogP contribution < -0.4 is 14.2 Å². The summed E-state index contributed by atoms with van der Waals surface area (Å²) in [4.78, 5) is 0. The van der Waals surface area contributed by atoms with E-state index < -0.39 is 43.1 Å². The molecule has 2 aromatic rings. The van der Waals surface area contributed by atoms with Crippen LogP contribution in [0.4, 0.5) is 4.39 Å². The third-order valence-electron chi connectivity index (χ3n) is 4.94. The summed E-state index contributed by atoms with van der Waals surface area (Å²) in [6.07, 6.45) is -4.17. The first-order chi connectivity index (χ1) is 14.9. The van der Waals surface area contributed by atoms with Crippen LogP contribution in [-0.2, 0) is 4.74 Å². The minimum absolute atomic E-state index is 0.125. The summed E-state index contributed by atoms with van der Waals surface area (Å²) in [5, 5.41) is 39.7. The predicted octanol–water partition coefficient (Wildman–Crippen LogP) is 1.19. The monoisotopic (exact) mass is 436 g/mol. The maximum absolute atomic E-state index is 14.0. The number of hydrogen-bond donors (Lipinski definition) is 4. The van der Waals surface area contributed by atoms with Gasteiger partial charge in [0, 0.05) is 17.2 Å². The van der Waals surface area contributed by atoms with E-state index in [9.17, 15) is 24.8 Å². The first-order valence-electron chi connectivity index (χ1n) is 9.55. The van der Waals surface area contributed by atoms with Gasteiger partial charge in [-0.15, -0.1) is 0 Å². The third kappa shape index (κ3) is 4.97. The van der Waals surface area contributed by atoms with Crippen LogP contribution in [0.15, 0.2) is 36.4 Å². The second kappa shape index (κ2) is 10.1. The number of halogens is 1. The van der Waals surface area contributed by atoms with Crippen LogP contribution in [0.5, 0.6) is 17.2 Å². The van der Waals surface area contributed by atoms with Crippen molar-refractivity contribution in [1.29, 1.82) is 0 Å². The first-order valence-corrected chi connectivity index (χ1v) is 9.55. The molecular formula is C22H25FO8. The maximum Gasteiger partial charge on any atom is 0.229 e. The molecule has 168 valence electrons. The number of methoxy groups -OCH3 is 2. The minimum Gasteiger partial charge on any atom is -0.497 e. The third-order valence-corrected chi connectivity index (χ3v) is 4.94. The van der Waals surface area contributed by atoms with Crippen LogP contribution >= 0.6 is 0 Å². The Hall–Kier alpha value is -2.69. The topological polar surface area (TPSA) is 118 Å². The van der Waals surface area contributed by atoms with E-state index in [4.69, 9.17) is 18.9 Å². The maximum atomic E-state index is 14.0. The lowest BCUT2D eigenvalue weighted by Gasteiger charge is -2.39. The highest BCUT2D eigenvalue weighted by Gasteiger charge is 2.45. The standard InChI is InChI=1S/C22H25FO8/c1-28-14-9-13(8-7-12-5-3-4-6-15(12)23)21(16(10-14)29-2)31-22-20(27)19(26)18(25)17(11-24)30-22/h3-10,17-20,22,24-27H,11H2,1-2H3/b8-7+/t17-,18-,19+,20-,22+/m1/s1. The zero-order valence-corrected chi connectivity index (χ0v) is 17.0. The molecule has 0 unspecified atom stereocenters. The Labute approximate surface area is 178 Å². The second-order valence-corrected chi connectivity index (χ2v) is 6.92. The second-order valence-electron chi connectivity index (χ2n) is 6.92. The van der Waals surface area contributed by atoms with Crippen LogP contribution in [0.2, 0.25) is 0 Å². The van der Waals surface area contributed by atoms with E-state index in [1.807, 2.05) is 0 Å². The molecule has 0 radical (unpaired) electrons. The van der Waals surface area contributed by atoms with E-state index in [1.54, 1.807) is 36.4 Å². The molecule has 4 N–H and O–H groups in total. The van der Waals surface area contributed by atoms with E-state index in [1.165, 1.54) is 26.4 Å². The van der Waals surface area contributed by atoms with Crippen molar-refractivity contribution < 1.29 is 43.8 Å². The van der Waals surface area contributed by atoms with Gasteiger partial charge in [-0.05, 0) is 12.1 Å².